The Morgan fingerprint density at radius 1 is 0.975 bits per heavy atom. The number of ether oxygens (including phenoxy) is 3. The first-order chi connectivity index (χ1) is 37.6. The van der Waals surface area contributed by atoms with Crippen LogP contribution in [0.3, 0.4) is 0 Å². The number of aromatic amines is 1. The van der Waals surface area contributed by atoms with Gasteiger partial charge < -0.3 is 64.8 Å². The number of H-pyrrole nitrogens is 1. The average Bonchev–Trinajstić information content (AvgIpc) is 4.11. The normalized spacial score (nSPS) is 25.8. The number of anilines is 2. The summed E-state index contributed by atoms with van der Waals surface area (Å²) in [5.74, 6) is -3.04. The minimum Gasteiger partial charge on any atom is -0.474 e. The lowest BCUT2D eigenvalue weighted by atomic mass is 10.0. The molecular formula is C47H58N12O16P2S2. The number of amides is 5. The van der Waals surface area contributed by atoms with Gasteiger partial charge in [0.15, 0.2) is 17.4 Å². The summed E-state index contributed by atoms with van der Waals surface area (Å²) >= 11 is 9.58. The highest BCUT2D eigenvalue weighted by Crippen LogP contribution is 2.58. The summed E-state index contributed by atoms with van der Waals surface area (Å²) in [5, 5.41) is 24.6. The zero-order valence-electron chi connectivity index (χ0n) is 42.5. The number of benzene rings is 2. The lowest BCUT2D eigenvalue weighted by molar-refractivity contribution is -0.131. The number of aliphatic hydroxyl groups excluding tert-OH is 1. The van der Waals surface area contributed by atoms with Gasteiger partial charge in [0.1, 0.15) is 49.4 Å². The van der Waals surface area contributed by atoms with Gasteiger partial charge in [-0.15, -0.1) is 0 Å². The molecule has 2 aliphatic heterocycles. The highest BCUT2D eigenvalue weighted by atomic mass is 32.7. The number of rotatable bonds is 17. The summed E-state index contributed by atoms with van der Waals surface area (Å²) in [6.07, 6.45) is -3.15. The third kappa shape index (κ3) is 15.4. The molecule has 5 heterocycles. The quantitative estimate of drug-likeness (QED) is 0.0472. The van der Waals surface area contributed by atoms with Crippen molar-refractivity contribution in [1.29, 1.82) is 0 Å². The molecule has 3 aromatic heterocycles. The van der Waals surface area contributed by atoms with Crippen molar-refractivity contribution in [3.05, 3.63) is 100 Å². The van der Waals surface area contributed by atoms with Crippen LogP contribution < -0.4 is 42.6 Å². The number of aliphatic hydroxyl groups is 1. The van der Waals surface area contributed by atoms with Gasteiger partial charge in [0, 0.05) is 42.4 Å². The van der Waals surface area contributed by atoms with Crippen molar-refractivity contribution in [3.63, 3.8) is 0 Å². The van der Waals surface area contributed by atoms with Crippen LogP contribution in [0.1, 0.15) is 61.3 Å². The summed E-state index contributed by atoms with van der Waals surface area (Å²) in [6, 6.07) is 12.7. The first-order valence-electron chi connectivity index (χ1n) is 24.7. The highest BCUT2D eigenvalue weighted by Gasteiger charge is 2.51. The second-order valence-electron chi connectivity index (χ2n) is 18.8. The molecule has 2 unspecified atom stereocenters. The predicted molar refractivity (Wildman–Crippen MR) is 287 cm³/mol. The number of fused-ring (bicyclic) bond motifs is 4. The molecule has 11 atom stereocenters. The molecule has 424 valence electrons. The zero-order chi connectivity index (χ0) is 56.6. The van der Waals surface area contributed by atoms with Gasteiger partial charge in [0.05, 0.1) is 32.2 Å². The van der Waals surface area contributed by atoms with Crippen LogP contribution in [0.15, 0.2) is 78.2 Å². The molecule has 32 heteroatoms. The van der Waals surface area contributed by atoms with Crippen molar-refractivity contribution in [2.24, 2.45) is 17.6 Å². The summed E-state index contributed by atoms with van der Waals surface area (Å²) in [7, 11) is 0. The first-order valence-corrected chi connectivity index (χ1v) is 30.0. The fraction of sp³-hybridized carbons (Fsp3) is 0.447. The molecule has 5 aromatic rings. The minimum absolute atomic E-state index is 0.0507. The van der Waals surface area contributed by atoms with Crippen LogP contribution in [0.4, 0.5) is 16.4 Å². The van der Waals surface area contributed by atoms with Crippen molar-refractivity contribution in [3.8, 4) is 5.88 Å². The maximum absolute atomic E-state index is 13.9. The number of nitrogens with two attached hydrogens (primary N) is 1. The number of nitrogens with zero attached hydrogens (tertiary/aromatic N) is 5. The topological polar surface area (TPSA) is 383 Å². The molecule has 0 spiro atoms. The van der Waals surface area contributed by atoms with Crippen LogP contribution in [-0.4, -0.2) is 138 Å². The van der Waals surface area contributed by atoms with E-state index in [0.717, 1.165) is 0 Å². The minimum atomic E-state index is -4.35. The number of alkyl carbamates (subject to hydrolysis) is 1. The Kier molecular flexibility index (Phi) is 19.3. The molecule has 79 heavy (non-hydrogen) atoms. The van der Waals surface area contributed by atoms with Crippen LogP contribution in [0.5, 0.6) is 5.88 Å². The number of imidazole rings is 1. The zero-order valence-corrected chi connectivity index (χ0v) is 46.0. The Balaban J connectivity index is 0.859. The summed E-state index contributed by atoms with van der Waals surface area (Å²) in [6.45, 7) is -4.52. The number of hydrogen-bond acceptors (Lipinski definition) is 21. The second-order valence-corrected chi connectivity index (χ2v) is 24.5. The van der Waals surface area contributed by atoms with Crippen LogP contribution >= 0.6 is 25.8 Å². The molecule has 1 saturated carbocycles. The van der Waals surface area contributed by atoms with Crippen LogP contribution in [0.2, 0.25) is 0 Å². The van der Waals surface area contributed by atoms with Crippen molar-refractivity contribution >= 4 is 90.1 Å². The number of aromatic nitrogens is 6. The smallest absolute Gasteiger partial charge is 0.407 e. The van der Waals surface area contributed by atoms with E-state index in [1.54, 1.807) is 62.4 Å². The third-order valence-electron chi connectivity index (χ3n) is 12.8. The van der Waals surface area contributed by atoms with Crippen LogP contribution in [0, 0.1) is 11.8 Å². The maximum Gasteiger partial charge on any atom is 0.407 e. The molecule has 5 amide bonds. The van der Waals surface area contributed by atoms with Crippen molar-refractivity contribution in [2.75, 3.05) is 36.9 Å². The largest absolute Gasteiger partial charge is 0.474 e. The van der Waals surface area contributed by atoms with Crippen molar-refractivity contribution in [2.45, 2.75) is 95.5 Å². The number of carbonyl (C=O) groups excluding carboxylic acids is 5. The SMILES string of the molecule is CC(C)[C@H](NC(=O)CN)C(=O)N[C@@H](C)C(=O)Nc1ccc(COC(=O)NCCc2ccccc2C(=O)Nc2nc3c(ncn3[C@@H]3O[C@@H]4COP(O)(=S)O[C@H]5C[C@H](Oc6ccncn6)C[C@@H]5COP(=O)(S)O[C@@H]3[C@@H]4O)c(=O)[nH]2)cc1. The maximum atomic E-state index is 13.9. The molecule has 2 saturated heterocycles. The van der Waals surface area contributed by atoms with Gasteiger partial charge in [-0.05, 0) is 66.8 Å². The van der Waals surface area contributed by atoms with E-state index >= 15 is 0 Å². The molecular weight excluding hydrogens is 1110 g/mol. The molecule has 3 fully saturated rings. The Bertz CT molecular complexity index is 3180. The number of thiol groups is 1. The van der Waals surface area contributed by atoms with Gasteiger partial charge in [-0.25, -0.2) is 24.3 Å². The highest BCUT2D eigenvalue weighted by molar-refractivity contribution is 8.44. The van der Waals surface area contributed by atoms with Gasteiger partial charge in [-0.1, -0.05) is 56.4 Å². The molecule has 1 aliphatic carbocycles. The van der Waals surface area contributed by atoms with E-state index in [1.807, 2.05) is 0 Å². The molecule has 2 aromatic carbocycles. The van der Waals surface area contributed by atoms with Gasteiger partial charge in [0.25, 0.3) is 11.5 Å². The molecule has 0 radical (unpaired) electrons. The lowest BCUT2D eigenvalue weighted by Gasteiger charge is -2.27. The molecule has 2 bridgehead atoms. The molecule has 3 aliphatic rings. The Morgan fingerprint density at radius 2 is 1.75 bits per heavy atom. The monoisotopic (exact) mass is 1170 g/mol. The van der Waals surface area contributed by atoms with Gasteiger partial charge in [-0.2, -0.15) is 4.98 Å². The molecule has 8 rings (SSSR count). The van der Waals surface area contributed by atoms with E-state index in [-0.39, 0.29) is 67.7 Å². The average molecular weight is 1170 g/mol. The van der Waals surface area contributed by atoms with E-state index in [0.29, 0.717) is 29.1 Å². The van der Waals surface area contributed by atoms with Crippen molar-refractivity contribution < 1.29 is 70.8 Å². The van der Waals surface area contributed by atoms with Crippen molar-refractivity contribution in [1.82, 2.24) is 45.4 Å². The van der Waals surface area contributed by atoms with E-state index in [9.17, 15) is 43.3 Å². The van der Waals surface area contributed by atoms with E-state index < -0.39 is 110 Å². The van der Waals surface area contributed by atoms with E-state index in [4.69, 9.17) is 49.8 Å². The molecule has 10 N–H and O–H groups in total. The standard InChI is InChI=1S/C47H58N12O16P2S2/c1-24(2)36(55-34(60)18-48)43(64)53-25(3)41(62)54-29-10-8-26(9-11-29)19-69-47(66)50-15-12-27-6-4-5-7-31(27)42(63)57-46-56-40-37(44(65)58-46)52-23-59(40)45-39-38(61)33(73-45)21-71-76(67,78)74-32-17-30(72-35-13-14-49-22-51-35)16-28(32)20-70-77(68,79)75-39/h4-11,13-14,22-25,28,30,32-33,36,38-39,45,61H,12,15-21,48H2,1-3H3,(H,50,66)(H,53,64)(H,54,62)(H,55,60)(H,67,78)(H,68,79)(H2,56,57,58,63,65)/t25-,28+,30+,32-,33+,36-,38+,39+,45+,76?,77?/m0/s1. The summed E-state index contributed by atoms with van der Waals surface area (Å²) in [5.41, 5.74) is 5.93. The first kappa shape index (κ1) is 58.9. The van der Waals surface area contributed by atoms with E-state index in [2.05, 4.69) is 63.8 Å². The number of carbonyl (C=O) groups is 5. The van der Waals surface area contributed by atoms with Crippen LogP contribution in [-0.2, 0) is 71.4 Å². The Labute approximate surface area is 460 Å². The van der Waals surface area contributed by atoms with Gasteiger partial charge >= 0.3 is 19.6 Å². The van der Waals surface area contributed by atoms with Crippen LogP contribution in [0.25, 0.3) is 11.2 Å². The van der Waals surface area contributed by atoms with Gasteiger partial charge in [-0.3, -0.25) is 43.4 Å². The fourth-order valence-electron chi connectivity index (χ4n) is 8.77. The lowest BCUT2D eigenvalue weighted by Crippen LogP contribution is -2.54. The second kappa shape index (κ2) is 25.9. The van der Waals surface area contributed by atoms with E-state index in [1.165, 1.54) is 36.4 Å². The summed E-state index contributed by atoms with van der Waals surface area (Å²) < 4.78 is 55.9. The fourth-order valence-corrected chi connectivity index (χ4v) is 11.8. The number of nitrogens with one attached hydrogen (secondary N) is 6. The van der Waals surface area contributed by atoms with Gasteiger partial charge in [0.2, 0.25) is 29.5 Å². The Hall–Kier alpha value is -6.27. The summed E-state index contributed by atoms with van der Waals surface area (Å²) in [4.78, 5) is 108. The predicted octanol–water partition coefficient (Wildman–Crippen LogP) is 2.36. The Morgan fingerprint density at radius 3 is 2.48 bits per heavy atom. The third-order valence-corrected chi connectivity index (χ3v) is 16.0. The molecule has 28 nitrogen and oxygen atoms in total. The number of hydrogen-bond donors (Lipinski definition) is 10.